The van der Waals surface area contributed by atoms with Crippen LogP contribution < -0.4 is 0 Å². The first-order valence-electron chi connectivity index (χ1n) is 8.72. The van der Waals surface area contributed by atoms with Crippen molar-refractivity contribution in [2.75, 3.05) is 26.7 Å². The highest BCUT2D eigenvalue weighted by Gasteiger charge is 2.40. The molecule has 0 bridgehead atoms. The van der Waals surface area contributed by atoms with Gasteiger partial charge in [-0.25, -0.2) is 0 Å². The fourth-order valence-electron chi connectivity index (χ4n) is 4.31. The number of nitrogens with zero attached hydrogens (tertiary/aromatic N) is 2. The molecule has 1 aliphatic carbocycles. The van der Waals surface area contributed by atoms with Crippen LogP contribution in [0.4, 0.5) is 0 Å². The molecule has 0 radical (unpaired) electrons. The van der Waals surface area contributed by atoms with Crippen molar-refractivity contribution in [2.45, 2.75) is 37.8 Å². The Morgan fingerprint density at radius 2 is 1.88 bits per heavy atom. The number of fused-ring (bicyclic) bond motifs is 1. The predicted molar refractivity (Wildman–Crippen MR) is 118 cm³/mol. The summed E-state index contributed by atoms with van der Waals surface area (Å²) < 4.78 is 0. The second-order valence-electron chi connectivity index (χ2n) is 7.84. The molecule has 0 N–H and O–H groups in total. The van der Waals surface area contributed by atoms with E-state index in [2.05, 4.69) is 65.7 Å². The van der Waals surface area contributed by atoms with Crippen molar-refractivity contribution in [2.24, 2.45) is 0 Å². The third kappa shape index (κ3) is 3.94. The fourth-order valence-corrected chi connectivity index (χ4v) is 5.20. The van der Waals surface area contributed by atoms with Crippen LogP contribution in [-0.4, -0.2) is 42.0 Å². The highest BCUT2D eigenvalue weighted by molar-refractivity contribution is 7.08. The molecule has 1 aromatic heterocycles. The molecule has 2 atom stereocenters. The number of halogens is 3. The van der Waals surface area contributed by atoms with Gasteiger partial charge in [0.1, 0.15) is 0 Å². The SMILES string of the molecule is CN1CCN([C@@H]2C[C@@H](c3ccsc3)c3ccc(Cl)cc32)CC1(C)C.Cl.Cl. The van der Waals surface area contributed by atoms with Crippen LogP contribution in [0.15, 0.2) is 35.0 Å². The second kappa shape index (κ2) is 8.38. The Kier molecular flexibility index (Phi) is 7.09. The highest BCUT2D eigenvalue weighted by Crippen LogP contribution is 2.48. The minimum Gasteiger partial charge on any atom is -0.299 e. The lowest BCUT2D eigenvalue weighted by molar-refractivity contribution is 0.0159. The van der Waals surface area contributed by atoms with Crippen molar-refractivity contribution in [1.29, 1.82) is 0 Å². The predicted octanol–water partition coefficient (Wildman–Crippen LogP) is 5.85. The van der Waals surface area contributed by atoms with Gasteiger partial charge in [0.25, 0.3) is 0 Å². The van der Waals surface area contributed by atoms with Gasteiger partial charge in [0.2, 0.25) is 0 Å². The number of likely N-dealkylation sites (N-methyl/N-ethyl adjacent to an activating group) is 1. The van der Waals surface area contributed by atoms with E-state index in [4.69, 9.17) is 11.6 Å². The summed E-state index contributed by atoms with van der Waals surface area (Å²) in [5, 5.41) is 5.36. The van der Waals surface area contributed by atoms with E-state index in [1.54, 1.807) is 11.3 Å². The number of thiophene rings is 1. The Morgan fingerprint density at radius 1 is 1.12 bits per heavy atom. The molecule has 1 fully saturated rings. The Bertz CT molecular complexity index is 733. The zero-order valence-corrected chi connectivity index (χ0v) is 18.6. The van der Waals surface area contributed by atoms with Crippen molar-refractivity contribution >= 4 is 47.8 Å². The highest BCUT2D eigenvalue weighted by atomic mass is 35.5. The molecule has 0 spiro atoms. The molecule has 2 nitrogen and oxygen atoms in total. The zero-order chi connectivity index (χ0) is 16.9. The maximum atomic E-state index is 6.35. The molecular weight excluding hydrogens is 407 g/mol. The summed E-state index contributed by atoms with van der Waals surface area (Å²) in [4.78, 5) is 5.16. The number of rotatable bonds is 2. The summed E-state index contributed by atoms with van der Waals surface area (Å²) in [6.07, 6.45) is 1.17. The van der Waals surface area contributed by atoms with E-state index in [-0.39, 0.29) is 30.4 Å². The normalized spacial score (nSPS) is 25.2. The molecular formula is C20H27Cl3N2S. The summed E-state index contributed by atoms with van der Waals surface area (Å²) in [5.74, 6) is 0.510. The minimum atomic E-state index is 0. The van der Waals surface area contributed by atoms with Crippen molar-refractivity contribution < 1.29 is 0 Å². The van der Waals surface area contributed by atoms with Crippen LogP contribution in [0.1, 0.15) is 48.9 Å². The monoisotopic (exact) mass is 432 g/mol. The first-order valence-corrected chi connectivity index (χ1v) is 10.0. The third-order valence-electron chi connectivity index (χ3n) is 5.97. The topological polar surface area (TPSA) is 6.48 Å². The number of hydrogen-bond donors (Lipinski definition) is 0. The summed E-state index contributed by atoms with van der Waals surface area (Å²) in [5.41, 5.74) is 4.59. The molecule has 4 rings (SSSR count). The molecule has 26 heavy (non-hydrogen) atoms. The smallest absolute Gasteiger partial charge is 0.0409 e. The lowest BCUT2D eigenvalue weighted by atomic mass is 9.95. The zero-order valence-electron chi connectivity index (χ0n) is 15.4. The summed E-state index contributed by atoms with van der Waals surface area (Å²) in [6.45, 7) is 8.07. The maximum absolute atomic E-state index is 6.35. The Morgan fingerprint density at radius 3 is 2.54 bits per heavy atom. The number of piperazine rings is 1. The summed E-state index contributed by atoms with van der Waals surface area (Å²) in [7, 11) is 2.24. The number of benzene rings is 1. The van der Waals surface area contributed by atoms with Crippen molar-refractivity contribution in [1.82, 2.24) is 9.80 Å². The first kappa shape index (κ1) is 22.0. The third-order valence-corrected chi connectivity index (χ3v) is 6.91. The van der Waals surface area contributed by atoms with Gasteiger partial charge in [-0.3, -0.25) is 9.80 Å². The Labute approximate surface area is 178 Å². The summed E-state index contributed by atoms with van der Waals surface area (Å²) >= 11 is 8.15. The van der Waals surface area contributed by atoms with Gasteiger partial charge in [-0.05, 0) is 73.0 Å². The van der Waals surface area contributed by atoms with Gasteiger partial charge in [-0.2, -0.15) is 11.3 Å². The second-order valence-corrected chi connectivity index (χ2v) is 9.05. The van der Waals surface area contributed by atoms with Gasteiger partial charge in [0.05, 0.1) is 0 Å². The van der Waals surface area contributed by atoms with Crippen LogP contribution >= 0.6 is 47.8 Å². The van der Waals surface area contributed by atoms with Gasteiger partial charge in [-0.15, -0.1) is 24.8 Å². The van der Waals surface area contributed by atoms with Crippen LogP contribution in [-0.2, 0) is 0 Å². The van der Waals surface area contributed by atoms with Gasteiger partial charge in [0.15, 0.2) is 0 Å². The average molecular weight is 434 g/mol. The summed E-state index contributed by atoms with van der Waals surface area (Å²) in [6, 6.07) is 9.28. The number of hydrogen-bond acceptors (Lipinski definition) is 3. The van der Waals surface area contributed by atoms with Crippen molar-refractivity contribution in [3.05, 3.63) is 56.7 Å². The molecule has 1 saturated heterocycles. The van der Waals surface area contributed by atoms with Crippen molar-refractivity contribution in [3.8, 4) is 0 Å². The van der Waals surface area contributed by atoms with Gasteiger partial charge < -0.3 is 0 Å². The minimum absolute atomic E-state index is 0. The molecule has 2 aromatic rings. The lowest BCUT2D eigenvalue weighted by Crippen LogP contribution is -2.58. The van der Waals surface area contributed by atoms with Crippen LogP contribution in [0, 0.1) is 0 Å². The molecule has 2 aliphatic rings. The van der Waals surface area contributed by atoms with E-state index in [9.17, 15) is 0 Å². The molecule has 0 unspecified atom stereocenters. The van der Waals surface area contributed by atoms with Crippen LogP contribution in [0.25, 0.3) is 0 Å². The van der Waals surface area contributed by atoms with Gasteiger partial charge in [-0.1, -0.05) is 17.7 Å². The molecule has 6 heteroatoms. The van der Waals surface area contributed by atoms with Crippen LogP contribution in [0.5, 0.6) is 0 Å². The van der Waals surface area contributed by atoms with Crippen LogP contribution in [0.2, 0.25) is 5.02 Å². The van der Waals surface area contributed by atoms with E-state index in [0.717, 1.165) is 24.7 Å². The Balaban J connectivity index is 0.00000121. The van der Waals surface area contributed by atoms with Gasteiger partial charge >= 0.3 is 0 Å². The van der Waals surface area contributed by atoms with E-state index < -0.39 is 0 Å². The van der Waals surface area contributed by atoms with E-state index in [1.165, 1.54) is 23.1 Å². The largest absolute Gasteiger partial charge is 0.299 e. The fraction of sp³-hybridized carbons (Fsp3) is 0.500. The molecule has 0 amide bonds. The van der Waals surface area contributed by atoms with Gasteiger partial charge in [0, 0.05) is 42.2 Å². The van der Waals surface area contributed by atoms with E-state index in [0.29, 0.717) is 12.0 Å². The standard InChI is InChI=1S/C20H25ClN2S.2ClH/c1-20(2)13-23(8-7-22(20)3)19-11-17(14-6-9-24-12-14)16-5-4-15(21)10-18(16)19;;/h4-6,9-10,12,17,19H,7-8,11,13H2,1-3H3;2*1H/t17-,19+;;/m0../s1. The average Bonchev–Trinajstić information content (AvgIpc) is 3.16. The van der Waals surface area contributed by atoms with Crippen molar-refractivity contribution in [3.63, 3.8) is 0 Å². The lowest BCUT2D eigenvalue weighted by Gasteiger charge is -2.47. The maximum Gasteiger partial charge on any atom is 0.0409 e. The molecule has 1 aromatic carbocycles. The molecule has 144 valence electrons. The quantitative estimate of drug-likeness (QED) is 0.586. The first-order chi connectivity index (χ1) is 11.5. The molecule has 0 saturated carbocycles. The molecule has 1 aliphatic heterocycles. The Hall–Kier alpha value is -0.290. The molecule has 2 heterocycles. The van der Waals surface area contributed by atoms with E-state index in [1.807, 2.05) is 0 Å². The van der Waals surface area contributed by atoms with Crippen LogP contribution in [0.3, 0.4) is 0 Å². The van der Waals surface area contributed by atoms with E-state index >= 15 is 0 Å².